The first-order chi connectivity index (χ1) is 9.31. The number of carboxylic acids is 1. The zero-order chi connectivity index (χ0) is 15.3. The van der Waals surface area contributed by atoms with Crippen LogP contribution < -0.4 is 0 Å². The molecule has 0 aliphatic rings. The van der Waals surface area contributed by atoms with Gasteiger partial charge >= 0.3 is 5.97 Å². The minimum Gasteiger partial charge on any atom is -0.481 e. The summed E-state index contributed by atoms with van der Waals surface area (Å²) in [5, 5.41) is 8.76. The number of aliphatic carboxylic acids is 1. The molecule has 0 unspecified atom stereocenters. The number of carboxylic acid groups (broad SMARTS) is 1. The van der Waals surface area contributed by atoms with Crippen LogP contribution in [0, 0.1) is 17.6 Å². The Morgan fingerprint density at radius 3 is 2.60 bits per heavy atom. The summed E-state index contributed by atoms with van der Waals surface area (Å²) in [5.41, 5.74) is 0.137. The molecule has 1 aromatic carbocycles. The van der Waals surface area contributed by atoms with Gasteiger partial charge in [0.15, 0.2) is 0 Å². The summed E-state index contributed by atoms with van der Waals surface area (Å²) in [6, 6.07) is 3.09. The number of nitrogens with zero attached hydrogens (tertiary/aromatic N) is 1. The summed E-state index contributed by atoms with van der Waals surface area (Å²) in [7, 11) is 1.49. The second kappa shape index (κ2) is 6.98. The fourth-order valence-corrected chi connectivity index (χ4v) is 1.76. The predicted molar refractivity (Wildman–Crippen MR) is 69.1 cm³/mol. The molecule has 1 aromatic rings. The van der Waals surface area contributed by atoms with Gasteiger partial charge < -0.3 is 10.0 Å². The Bertz CT molecular complexity index is 505. The zero-order valence-corrected chi connectivity index (χ0v) is 11.4. The normalized spacial score (nSPS) is 12.0. The average molecular weight is 285 g/mol. The van der Waals surface area contributed by atoms with Gasteiger partial charge in [0.1, 0.15) is 11.6 Å². The molecule has 0 saturated carbocycles. The predicted octanol–water partition coefficient (Wildman–Crippen LogP) is 2.08. The first-order valence-electron chi connectivity index (χ1n) is 6.22. The quantitative estimate of drug-likeness (QED) is 0.870. The minimum absolute atomic E-state index is 0.00319. The number of carbonyl (C=O) groups excluding carboxylic acids is 1. The van der Waals surface area contributed by atoms with Crippen molar-refractivity contribution >= 4 is 11.9 Å². The molecule has 0 spiro atoms. The topological polar surface area (TPSA) is 57.6 Å². The molecule has 0 saturated heterocycles. The molecule has 0 aromatic heterocycles. The molecule has 1 atom stereocenters. The molecular weight excluding hydrogens is 268 g/mol. The van der Waals surface area contributed by atoms with Crippen molar-refractivity contribution in [1.82, 2.24) is 4.90 Å². The largest absolute Gasteiger partial charge is 0.481 e. The Labute approximate surface area is 116 Å². The van der Waals surface area contributed by atoms with Gasteiger partial charge in [0.2, 0.25) is 5.91 Å². The van der Waals surface area contributed by atoms with Crippen LogP contribution in [0.25, 0.3) is 0 Å². The molecule has 1 amide bonds. The van der Waals surface area contributed by atoms with Crippen molar-refractivity contribution in [2.75, 3.05) is 13.6 Å². The van der Waals surface area contributed by atoms with E-state index in [-0.39, 0.29) is 30.9 Å². The van der Waals surface area contributed by atoms with Gasteiger partial charge in [-0.05, 0) is 30.2 Å². The van der Waals surface area contributed by atoms with Crippen molar-refractivity contribution in [2.24, 2.45) is 5.92 Å². The molecule has 0 heterocycles. The average Bonchev–Trinajstić information content (AvgIpc) is 2.39. The summed E-state index contributed by atoms with van der Waals surface area (Å²) in [6.45, 7) is 1.58. The van der Waals surface area contributed by atoms with Gasteiger partial charge in [-0.15, -0.1) is 0 Å². The highest BCUT2D eigenvalue weighted by atomic mass is 19.1. The Morgan fingerprint density at radius 1 is 1.35 bits per heavy atom. The van der Waals surface area contributed by atoms with E-state index in [0.717, 1.165) is 18.2 Å². The lowest BCUT2D eigenvalue weighted by atomic mass is 10.1. The maximum absolute atomic E-state index is 13.4. The Hall–Kier alpha value is -1.98. The highest BCUT2D eigenvalue weighted by Crippen LogP contribution is 2.12. The third-order valence-electron chi connectivity index (χ3n) is 3.01. The molecule has 6 heteroatoms. The van der Waals surface area contributed by atoms with Crippen LogP contribution in [0.5, 0.6) is 0 Å². The third kappa shape index (κ3) is 4.60. The summed E-state index contributed by atoms with van der Waals surface area (Å²) in [6.07, 6.45) is 0.0808. The molecule has 110 valence electrons. The Kier molecular flexibility index (Phi) is 5.61. The van der Waals surface area contributed by atoms with Crippen molar-refractivity contribution in [3.8, 4) is 0 Å². The summed E-state index contributed by atoms with van der Waals surface area (Å²) in [4.78, 5) is 23.8. The van der Waals surface area contributed by atoms with Gasteiger partial charge in [-0.1, -0.05) is 6.92 Å². The monoisotopic (exact) mass is 285 g/mol. The van der Waals surface area contributed by atoms with Gasteiger partial charge in [-0.25, -0.2) is 8.78 Å². The second-order valence-corrected chi connectivity index (χ2v) is 4.75. The molecule has 4 nitrogen and oxygen atoms in total. The molecule has 20 heavy (non-hydrogen) atoms. The highest BCUT2D eigenvalue weighted by molar-refractivity contribution is 5.77. The number of halogens is 2. The summed E-state index contributed by atoms with van der Waals surface area (Å²) < 4.78 is 26.3. The summed E-state index contributed by atoms with van der Waals surface area (Å²) in [5.74, 6) is -3.07. The molecule has 0 bridgehead atoms. The Balaban J connectivity index is 2.54. The lowest BCUT2D eigenvalue weighted by Crippen LogP contribution is -2.33. The lowest BCUT2D eigenvalue weighted by molar-refractivity contribution is -0.142. The molecule has 1 N–H and O–H groups in total. The van der Waals surface area contributed by atoms with Gasteiger partial charge in [0.05, 0.1) is 5.92 Å². The smallest absolute Gasteiger partial charge is 0.308 e. The SMILES string of the molecule is C[C@H](CN(C)C(=O)CCc1cc(F)ccc1F)C(=O)O. The van der Waals surface area contributed by atoms with Gasteiger partial charge in [-0.2, -0.15) is 0 Å². The van der Waals surface area contributed by atoms with E-state index in [0.29, 0.717) is 0 Å². The van der Waals surface area contributed by atoms with Crippen molar-refractivity contribution in [3.63, 3.8) is 0 Å². The van der Waals surface area contributed by atoms with Gasteiger partial charge in [-0.3, -0.25) is 9.59 Å². The van der Waals surface area contributed by atoms with Gasteiger partial charge in [0, 0.05) is 20.0 Å². The van der Waals surface area contributed by atoms with Crippen molar-refractivity contribution in [1.29, 1.82) is 0 Å². The number of hydrogen-bond donors (Lipinski definition) is 1. The molecule has 0 aliphatic carbocycles. The maximum atomic E-state index is 13.4. The maximum Gasteiger partial charge on any atom is 0.308 e. The first-order valence-corrected chi connectivity index (χ1v) is 6.22. The van der Waals surface area contributed by atoms with E-state index >= 15 is 0 Å². The zero-order valence-electron chi connectivity index (χ0n) is 11.4. The van der Waals surface area contributed by atoms with Crippen molar-refractivity contribution < 1.29 is 23.5 Å². The van der Waals surface area contributed by atoms with E-state index in [1.807, 2.05) is 0 Å². The number of hydrogen-bond acceptors (Lipinski definition) is 2. The van der Waals surface area contributed by atoms with Crippen LogP contribution in [-0.2, 0) is 16.0 Å². The standard InChI is InChI=1S/C14H17F2NO3/c1-9(14(19)20)8-17(2)13(18)6-3-10-7-11(15)4-5-12(10)16/h4-5,7,9H,3,6,8H2,1-2H3,(H,19,20)/t9-/m1/s1. The van der Waals surface area contributed by atoms with Crippen LogP contribution in [0.3, 0.4) is 0 Å². The number of benzene rings is 1. The third-order valence-corrected chi connectivity index (χ3v) is 3.01. The summed E-state index contributed by atoms with van der Waals surface area (Å²) >= 11 is 0. The van der Waals surface area contributed by atoms with Crippen LogP contribution in [0.15, 0.2) is 18.2 Å². The van der Waals surface area contributed by atoms with E-state index < -0.39 is 23.5 Å². The highest BCUT2D eigenvalue weighted by Gasteiger charge is 2.17. The fourth-order valence-electron chi connectivity index (χ4n) is 1.76. The van der Waals surface area contributed by atoms with Crippen LogP contribution in [-0.4, -0.2) is 35.5 Å². The lowest BCUT2D eigenvalue weighted by Gasteiger charge is -2.19. The van der Waals surface area contributed by atoms with E-state index in [1.165, 1.54) is 18.9 Å². The van der Waals surface area contributed by atoms with E-state index in [2.05, 4.69) is 0 Å². The van der Waals surface area contributed by atoms with E-state index in [1.54, 1.807) is 0 Å². The van der Waals surface area contributed by atoms with Crippen molar-refractivity contribution in [2.45, 2.75) is 19.8 Å². The number of amides is 1. The molecule has 0 aliphatic heterocycles. The first kappa shape index (κ1) is 16.1. The van der Waals surface area contributed by atoms with Crippen LogP contribution in [0.4, 0.5) is 8.78 Å². The van der Waals surface area contributed by atoms with Crippen LogP contribution >= 0.6 is 0 Å². The minimum atomic E-state index is -0.985. The molecule has 1 rings (SSSR count). The number of aryl methyl sites for hydroxylation is 1. The van der Waals surface area contributed by atoms with Gasteiger partial charge in [0.25, 0.3) is 0 Å². The van der Waals surface area contributed by atoms with E-state index in [4.69, 9.17) is 5.11 Å². The Morgan fingerprint density at radius 2 is 2.00 bits per heavy atom. The van der Waals surface area contributed by atoms with Crippen molar-refractivity contribution in [3.05, 3.63) is 35.4 Å². The van der Waals surface area contributed by atoms with Crippen LogP contribution in [0.2, 0.25) is 0 Å². The number of rotatable bonds is 6. The molecule has 0 fully saturated rings. The number of carbonyl (C=O) groups is 2. The molecule has 0 radical (unpaired) electrons. The second-order valence-electron chi connectivity index (χ2n) is 4.75. The fraction of sp³-hybridized carbons (Fsp3) is 0.429. The van der Waals surface area contributed by atoms with E-state index in [9.17, 15) is 18.4 Å². The van der Waals surface area contributed by atoms with Crippen LogP contribution in [0.1, 0.15) is 18.9 Å². The molecular formula is C14H17F2NO3.